The minimum Gasteiger partial charge on any atom is -0.313 e. The highest BCUT2D eigenvalue weighted by atomic mass is 15.2. The lowest BCUT2D eigenvalue weighted by molar-refractivity contribution is 0.187. The summed E-state index contributed by atoms with van der Waals surface area (Å²) in [4.78, 5) is 2.58. The van der Waals surface area contributed by atoms with Gasteiger partial charge in [0.05, 0.1) is 0 Å². The second-order valence-corrected chi connectivity index (χ2v) is 6.19. The van der Waals surface area contributed by atoms with Crippen LogP contribution in [0.2, 0.25) is 0 Å². The van der Waals surface area contributed by atoms with Crippen LogP contribution in [-0.2, 0) is 6.42 Å². The third-order valence-electron chi connectivity index (χ3n) is 4.79. The molecule has 1 saturated heterocycles. The number of hydrogen-bond acceptors (Lipinski definition) is 2. The Bertz CT molecular complexity index is 409. The van der Waals surface area contributed by atoms with Gasteiger partial charge in [0.25, 0.3) is 0 Å². The van der Waals surface area contributed by atoms with Crippen molar-refractivity contribution in [2.24, 2.45) is 0 Å². The summed E-state index contributed by atoms with van der Waals surface area (Å²) >= 11 is 0. The number of nitrogens with zero attached hydrogens (tertiary/aromatic N) is 1. The molecule has 1 heterocycles. The Morgan fingerprint density at radius 3 is 2.89 bits per heavy atom. The van der Waals surface area contributed by atoms with Crippen LogP contribution in [0.25, 0.3) is 0 Å². The number of piperidine rings is 1. The smallest absolute Gasteiger partial charge is 0.0348 e. The van der Waals surface area contributed by atoms with Crippen LogP contribution in [0.5, 0.6) is 0 Å². The average Bonchev–Trinajstić information content (AvgIpc) is 2.47. The molecule has 2 unspecified atom stereocenters. The van der Waals surface area contributed by atoms with Gasteiger partial charge in [-0.15, -0.1) is 0 Å². The minimum absolute atomic E-state index is 0.633. The van der Waals surface area contributed by atoms with Crippen LogP contribution in [-0.4, -0.2) is 31.1 Å². The predicted molar refractivity (Wildman–Crippen MR) is 80.4 cm³/mol. The zero-order chi connectivity index (χ0) is 13.1. The van der Waals surface area contributed by atoms with E-state index in [1.807, 2.05) is 0 Å². The highest BCUT2D eigenvalue weighted by Crippen LogP contribution is 2.33. The van der Waals surface area contributed by atoms with Gasteiger partial charge in [-0.05, 0) is 56.8 Å². The molecule has 2 aliphatic rings. The monoisotopic (exact) mass is 258 g/mol. The molecule has 1 aromatic rings. The summed E-state index contributed by atoms with van der Waals surface area (Å²) in [6, 6.07) is 10.4. The van der Waals surface area contributed by atoms with Gasteiger partial charge in [-0.1, -0.05) is 30.7 Å². The number of likely N-dealkylation sites (N-methyl/N-ethyl adjacent to an activating group) is 1. The molecule has 0 aromatic heterocycles. The molecule has 104 valence electrons. The molecule has 0 bridgehead atoms. The Morgan fingerprint density at radius 1 is 1.16 bits per heavy atom. The third kappa shape index (κ3) is 3.01. The highest BCUT2D eigenvalue weighted by Gasteiger charge is 2.25. The van der Waals surface area contributed by atoms with E-state index in [0.29, 0.717) is 12.1 Å². The predicted octanol–water partition coefficient (Wildman–Crippen LogP) is 3.14. The fourth-order valence-electron chi connectivity index (χ4n) is 3.74. The molecule has 1 aliphatic heterocycles. The third-order valence-corrected chi connectivity index (χ3v) is 4.79. The number of hydrogen-bond donors (Lipinski definition) is 1. The van der Waals surface area contributed by atoms with E-state index in [1.54, 1.807) is 11.1 Å². The first-order valence-corrected chi connectivity index (χ1v) is 7.86. The summed E-state index contributed by atoms with van der Waals surface area (Å²) in [5, 5.41) is 3.67. The highest BCUT2D eigenvalue weighted by molar-refractivity contribution is 5.32. The van der Waals surface area contributed by atoms with Crippen LogP contribution in [0.4, 0.5) is 0 Å². The van der Waals surface area contributed by atoms with Gasteiger partial charge in [0, 0.05) is 18.6 Å². The van der Waals surface area contributed by atoms with Crippen molar-refractivity contribution >= 4 is 0 Å². The Balaban J connectivity index is 1.68. The molecular weight excluding hydrogens is 232 g/mol. The Kier molecular flexibility index (Phi) is 4.19. The van der Waals surface area contributed by atoms with E-state index >= 15 is 0 Å². The van der Waals surface area contributed by atoms with Crippen LogP contribution in [0.1, 0.15) is 49.3 Å². The van der Waals surface area contributed by atoms with Crippen LogP contribution >= 0.6 is 0 Å². The largest absolute Gasteiger partial charge is 0.313 e. The SMILES string of the molecule is CN(CC1CCCCN1)C1CCCc2ccccc21. The van der Waals surface area contributed by atoms with Crippen molar-refractivity contribution in [2.45, 2.75) is 50.6 Å². The maximum absolute atomic E-state index is 3.67. The number of aryl methyl sites for hydroxylation is 1. The lowest BCUT2D eigenvalue weighted by Gasteiger charge is -2.36. The summed E-state index contributed by atoms with van der Waals surface area (Å²) in [7, 11) is 2.31. The number of rotatable bonds is 3. The summed E-state index contributed by atoms with van der Waals surface area (Å²) < 4.78 is 0. The molecule has 1 aliphatic carbocycles. The van der Waals surface area contributed by atoms with Gasteiger partial charge in [0.15, 0.2) is 0 Å². The molecule has 0 amide bonds. The van der Waals surface area contributed by atoms with Crippen molar-refractivity contribution < 1.29 is 0 Å². The van der Waals surface area contributed by atoms with Gasteiger partial charge in [-0.25, -0.2) is 0 Å². The van der Waals surface area contributed by atoms with Crippen LogP contribution < -0.4 is 5.32 Å². The van der Waals surface area contributed by atoms with E-state index in [0.717, 1.165) is 0 Å². The molecule has 2 atom stereocenters. The van der Waals surface area contributed by atoms with Crippen molar-refractivity contribution in [1.82, 2.24) is 10.2 Å². The maximum Gasteiger partial charge on any atom is 0.0348 e. The van der Waals surface area contributed by atoms with Crippen molar-refractivity contribution in [2.75, 3.05) is 20.1 Å². The first-order chi connectivity index (χ1) is 9.34. The maximum atomic E-state index is 3.67. The topological polar surface area (TPSA) is 15.3 Å². The zero-order valence-electron chi connectivity index (χ0n) is 12.1. The van der Waals surface area contributed by atoms with E-state index in [1.165, 1.54) is 51.6 Å². The van der Waals surface area contributed by atoms with Crippen LogP contribution in [0.3, 0.4) is 0 Å². The molecule has 1 fully saturated rings. The average molecular weight is 258 g/mol. The second-order valence-electron chi connectivity index (χ2n) is 6.19. The van der Waals surface area contributed by atoms with Crippen molar-refractivity contribution in [1.29, 1.82) is 0 Å². The van der Waals surface area contributed by atoms with E-state index in [9.17, 15) is 0 Å². The Labute approximate surface area is 117 Å². The lowest BCUT2D eigenvalue weighted by atomic mass is 9.86. The van der Waals surface area contributed by atoms with Gasteiger partial charge in [-0.3, -0.25) is 4.90 Å². The van der Waals surface area contributed by atoms with Crippen molar-refractivity contribution in [3.8, 4) is 0 Å². The normalized spacial score (nSPS) is 27.3. The van der Waals surface area contributed by atoms with Crippen LogP contribution in [0.15, 0.2) is 24.3 Å². The minimum atomic E-state index is 0.633. The molecule has 2 heteroatoms. The van der Waals surface area contributed by atoms with Gasteiger partial charge in [0.1, 0.15) is 0 Å². The van der Waals surface area contributed by atoms with E-state index in [4.69, 9.17) is 0 Å². The quantitative estimate of drug-likeness (QED) is 0.896. The molecule has 1 N–H and O–H groups in total. The molecule has 2 nitrogen and oxygen atoms in total. The van der Waals surface area contributed by atoms with Gasteiger partial charge in [-0.2, -0.15) is 0 Å². The molecular formula is C17H26N2. The molecule has 19 heavy (non-hydrogen) atoms. The van der Waals surface area contributed by atoms with E-state index in [2.05, 4.69) is 41.5 Å². The number of nitrogens with one attached hydrogen (secondary N) is 1. The standard InChI is InChI=1S/C17H26N2/c1-19(13-15-9-4-5-12-18-15)17-11-6-8-14-7-2-3-10-16(14)17/h2-3,7,10,15,17-18H,4-6,8-9,11-13H2,1H3. The van der Waals surface area contributed by atoms with Gasteiger partial charge >= 0.3 is 0 Å². The fraction of sp³-hybridized carbons (Fsp3) is 0.647. The van der Waals surface area contributed by atoms with Gasteiger partial charge < -0.3 is 5.32 Å². The summed E-state index contributed by atoms with van der Waals surface area (Å²) in [6.45, 7) is 2.40. The van der Waals surface area contributed by atoms with Crippen molar-refractivity contribution in [3.63, 3.8) is 0 Å². The molecule has 3 rings (SSSR count). The Hall–Kier alpha value is -0.860. The van der Waals surface area contributed by atoms with E-state index < -0.39 is 0 Å². The first-order valence-electron chi connectivity index (χ1n) is 7.86. The van der Waals surface area contributed by atoms with Crippen molar-refractivity contribution in [3.05, 3.63) is 35.4 Å². The second kappa shape index (κ2) is 6.06. The molecule has 0 saturated carbocycles. The fourth-order valence-corrected chi connectivity index (χ4v) is 3.74. The molecule has 1 aromatic carbocycles. The lowest BCUT2D eigenvalue weighted by Crippen LogP contribution is -2.43. The van der Waals surface area contributed by atoms with Crippen LogP contribution in [0, 0.1) is 0 Å². The summed E-state index contributed by atoms with van der Waals surface area (Å²) in [5.74, 6) is 0. The van der Waals surface area contributed by atoms with E-state index in [-0.39, 0.29) is 0 Å². The Morgan fingerprint density at radius 2 is 2.05 bits per heavy atom. The van der Waals surface area contributed by atoms with Gasteiger partial charge in [0.2, 0.25) is 0 Å². The zero-order valence-corrected chi connectivity index (χ0v) is 12.1. The summed E-state index contributed by atoms with van der Waals surface area (Å²) in [5.41, 5.74) is 3.15. The number of fused-ring (bicyclic) bond motifs is 1. The molecule has 0 radical (unpaired) electrons. The first kappa shape index (κ1) is 13.1. The number of benzene rings is 1. The molecule has 0 spiro atoms. The summed E-state index contributed by atoms with van der Waals surface area (Å²) in [6.07, 6.45) is 8.02.